The van der Waals surface area contributed by atoms with Gasteiger partial charge >= 0.3 is 5.97 Å². The molecule has 0 amide bonds. The van der Waals surface area contributed by atoms with Crippen molar-refractivity contribution in [3.63, 3.8) is 0 Å². The molecule has 1 aliphatic heterocycles. The Bertz CT molecular complexity index is 1530. The van der Waals surface area contributed by atoms with E-state index < -0.39 is 23.2 Å². The summed E-state index contributed by atoms with van der Waals surface area (Å²) >= 11 is 6.19. The lowest BCUT2D eigenvalue weighted by molar-refractivity contribution is -0.122. The molecule has 0 aliphatic carbocycles. The van der Waals surface area contributed by atoms with E-state index in [1.165, 1.54) is 23.9 Å². The summed E-state index contributed by atoms with van der Waals surface area (Å²) in [5.41, 5.74) is 1.28. The van der Waals surface area contributed by atoms with E-state index in [2.05, 4.69) is 6.07 Å². The maximum absolute atomic E-state index is 13.8. The molecule has 3 aromatic rings. The van der Waals surface area contributed by atoms with Crippen LogP contribution in [0.2, 0.25) is 5.02 Å². The number of aromatic nitrogens is 1. The number of carbonyl (C=O) groups is 2. The highest BCUT2D eigenvalue weighted by Gasteiger charge is 2.29. The number of nitrogens with zero attached hydrogens (tertiary/aromatic N) is 2. The highest BCUT2D eigenvalue weighted by molar-refractivity contribution is 6.31. The molecule has 2 atom stereocenters. The minimum atomic E-state index is -0.811. The second kappa shape index (κ2) is 12.7. The topological polar surface area (TPSA) is 108 Å². The molecule has 0 N–H and O–H groups in total. The number of ketones is 1. The molecule has 2 aromatic carbocycles. The van der Waals surface area contributed by atoms with E-state index in [4.69, 9.17) is 25.8 Å². The molecule has 0 bridgehead atoms. The van der Waals surface area contributed by atoms with Crippen molar-refractivity contribution in [1.82, 2.24) is 4.57 Å². The van der Waals surface area contributed by atoms with E-state index in [-0.39, 0.29) is 18.3 Å². The molecule has 2 heterocycles. The van der Waals surface area contributed by atoms with Gasteiger partial charge in [-0.2, -0.15) is 5.26 Å². The molecule has 1 saturated heterocycles. The molecule has 0 spiro atoms. The van der Waals surface area contributed by atoms with Crippen LogP contribution < -0.4 is 10.3 Å². The van der Waals surface area contributed by atoms with Crippen molar-refractivity contribution in [2.24, 2.45) is 0 Å². The number of hydrogen-bond donors (Lipinski definition) is 0. The van der Waals surface area contributed by atoms with Crippen molar-refractivity contribution in [2.45, 2.75) is 64.2 Å². The van der Waals surface area contributed by atoms with Crippen LogP contribution in [0.15, 0.2) is 59.5 Å². The van der Waals surface area contributed by atoms with Gasteiger partial charge in [0.15, 0.2) is 5.78 Å². The standard InChI is InChI=1S/C32H33ClN2O6/c1-32(2,3)41-31(38)21-9-7-20(8-10-21)14-28(36)27(16-24-6-5-13-40-24)35-19-29(39-4)26(17-30(35)37)25-15-23(33)12-11-22(25)18-34/h7-12,15,17,19,24,27H,5-6,13-14,16H2,1-4H3/t24-,27?/m0/s1. The summed E-state index contributed by atoms with van der Waals surface area (Å²) in [6.07, 6.45) is 3.43. The predicted molar refractivity (Wildman–Crippen MR) is 155 cm³/mol. The molecule has 9 heteroatoms. The lowest BCUT2D eigenvalue weighted by atomic mass is 9.96. The van der Waals surface area contributed by atoms with Crippen molar-refractivity contribution in [1.29, 1.82) is 5.26 Å². The number of esters is 1. The minimum absolute atomic E-state index is 0.0510. The number of methoxy groups -OCH3 is 1. The Labute approximate surface area is 244 Å². The second-order valence-electron chi connectivity index (χ2n) is 11.0. The van der Waals surface area contributed by atoms with Crippen LogP contribution in [0.1, 0.15) is 67.6 Å². The molecule has 4 rings (SSSR count). The molecule has 1 fully saturated rings. The van der Waals surface area contributed by atoms with Gasteiger partial charge < -0.3 is 18.8 Å². The molecule has 1 aliphatic rings. The number of Topliss-reactive ketones (excluding diaryl/α,β-unsaturated/α-hetero) is 1. The summed E-state index contributed by atoms with van der Waals surface area (Å²) in [4.78, 5) is 39.7. The van der Waals surface area contributed by atoms with E-state index in [0.29, 0.717) is 51.6 Å². The summed E-state index contributed by atoms with van der Waals surface area (Å²) in [6.45, 7) is 6.01. The number of benzene rings is 2. The summed E-state index contributed by atoms with van der Waals surface area (Å²) in [7, 11) is 1.47. The van der Waals surface area contributed by atoms with E-state index in [9.17, 15) is 19.6 Å². The molecule has 41 heavy (non-hydrogen) atoms. The smallest absolute Gasteiger partial charge is 0.338 e. The van der Waals surface area contributed by atoms with Crippen LogP contribution in [-0.2, 0) is 20.7 Å². The molecule has 0 radical (unpaired) electrons. The average molecular weight is 577 g/mol. The van der Waals surface area contributed by atoms with E-state index in [0.717, 1.165) is 12.8 Å². The second-order valence-corrected chi connectivity index (χ2v) is 11.5. The predicted octanol–water partition coefficient (Wildman–Crippen LogP) is 5.93. The van der Waals surface area contributed by atoms with Crippen LogP contribution in [0.25, 0.3) is 11.1 Å². The van der Waals surface area contributed by atoms with Crippen molar-refractivity contribution in [3.8, 4) is 22.9 Å². The number of nitriles is 1. The number of hydrogen-bond acceptors (Lipinski definition) is 7. The first-order valence-electron chi connectivity index (χ1n) is 13.5. The van der Waals surface area contributed by atoms with Crippen LogP contribution in [0.3, 0.4) is 0 Å². The first-order chi connectivity index (χ1) is 19.5. The lowest BCUT2D eigenvalue weighted by Gasteiger charge is -2.23. The minimum Gasteiger partial charge on any atom is -0.495 e. The van der Waals surface area contributed by atoms with Gasteiger partial charge in [0, 0.05) is 41.7 Å². The fourth-order valence-electron chi connectivity index (χ4n) is 4.88. The van der Waals surface area contributed by atoms with Crippen molar-refractivity contribution in [2.75, 3.05) is 13.7 Å². The van der Waals surface area contributed by atoms with Crippen LogP contribution >= 0.6 is 11.6 Å². The van der Waals surface area contributed by atoms with Gasteiger partial charge in [0.1, 0.15) is 11.4 Å². The fraction of sp³-hybridized carbons (Fsp3) is 0.375. The van der Waals surface area contributed by atoms with Crippen LogP contribution in [0.5, 0.6) is 5.75 Å². The third-order valence-corrected chi connectivity index (χ3v) is 7.08. The van der Waals surface area contributed by atoms with Crippen LogP contribution in [0, 0.1) is 11.3 Å². The number of rotatable bonds is 9. The zero-order chi connectivity index (χ0) is 29.7. The van der Waals surface area contributed by atoms with Gasteiger partial charge in [-0.3, -0.25) is 9.59 Å². The molecule has 1 aromatic heterocycles. The van der Waals surface area contributed by atoms with E-state index in [1.807, 2.05) is 0 Å². The summed E-state index contributed by atoms with van der Waals surface area (Å²) in [5, 5.41) is 10.0. The highest BCUT2D eigenvalue weighted by Crippen LogP contribution is 2.34. The number of ether oxygens (including phenoxy) is 3. The molecular weight excluding hydrogens is 544 g/mol. The van der Waals surface area contributed by atoms with Crippen LogP contribution in [-0.4, -0.2) is 41.7 Å². The normalized spacial score (nSPS) is 15.7. The van der Waals surface area contributed by atoms with Gasteiger partial charge in [-0.25, -0.2) is 4.79 Å². The zero-order valence-electron chi connectivity index (χ0n) is 23.6. The Morgan fingerprint density at radius 2 is 1.88 bits per heavy atom. The quantitative estimate of drug-likeness (QED) is 0.291. The Hall–Kier alpha value is -3.93. The van der Waals surface area contributed by atoms with Gasteiger partial charge in [0.2, 0.25) is 0 Å². The van der Waals surface area contributed by atoms with Crippen molar-refractivity contribution in [3.05, 3.63) is 86.8 Å². The van der Waals surface area contributed by atoms with E-state index in [1.54, 1.807) is 63.2 Å². The van der Waals surface area contributed by atoms with Crippen molar-refractivity contribution < 1.29 is 23.8 Å². The van der Waals surface area contributed by atoms with Gasteiger partial charge in [-0.05, 0) is 69.5 Å². The molecule has 1 unspecified atom stereocenters. The number of carbonyl (C=O) groups excluding carboxylic acids is 2. The summed E-state index contributed by atoms with van der Waals surface area (Å²) < 4.78 is 18.2. The molecule has 214 valence electrons. The maximum Gasteiger partial charge on any atom is 0.338 e. The van der Waals surface area contributed by atoms with E-state index >= 15 is 0 Å². The molecule has 8 nitrogen and oxygen atoms in total. The Morgan fingerprint density at radius 3 is 2.49 bits per heavy atom. The van der Waals surface area contributed by atoms with Gasteiger partial charge in [-0.15, -0.1) is 0 Å². The Morgan fingerprint density at radius 1 is 1.15 bits per heavy atom. The molecule has 0 saturated carbocycles. The maximum atomic E-state index is 13.8. The average Bonchev–Trinajstić information content (AvgIpc) is 3.44. The first-order valence-corrected chi connectivity index (χ1v) is 13.8. The third kappa shape index (κ3) is 7.43. The zero-order valence-corrected chi connectivity index (χ0v) is 24.4. The largest absolute Gasteiger partial charge is 0.495 e. The summed E-state index contributed by atoms with van der Waals surface area (Å²) in [6, 6.07) is 14.2. The Kier molecular flexibility index (Phi) is 9.31. The number of pyridine rings is 1. The fourth-order valence-corrected chi connectivity index (χ4v) is 5.05. The van der Waals surface area contributed by atoms with Gasteiger partial charge in [0.25, 0.3) is 5.56 Å². The first kappa shape index (κ1) is 30.0. The Balaban J connectivity index is 1.66. The third-order valence-electron chi connectivity index (χ3n) is 6.84. The van der Waals surface area contributed by atoms with Gasteiger partial charge in [-0.1, -0.05) is 23.7 Å². The number of halogens is 1. The lowest BCUT2D eigenvalue weighted by Crippen LogP contribution is -2.33. The summed E-state index contributed by atoms with van der Waals surface area (Å²) in [5.74, 6) is -0.289. The van der Waals surface area contributed by atoms with Crippen molar-refractivity contribution >= 4 is 23.4 Å². The molecular formula is C32H33ClN2O6. The SMILES string of the molecule is COc1cn(C(C[C@@H]2CCCO2)C(=O)Cc2ccc(C(=O)OC(C)(C)C)cc2)c(=O)cc1-c1cc(Cl)ccc1C#N. The monoisotopic (exact) mass is 576 g/mol. The van der Waals surface area contributed by atoms with Gasteiger partial charge in [0.05, 0.1) is 42.6 Å². The van der Waals surface area contributed by atoms with Crippen LogP contribution in [0.4, 0.5) is 0 Å². The highest BCUT2D eigenvalue weighted by atomic mass is 35.5.